The number of benzene rings is 2. The minimum Gasteiger partial charge on any atom is -0.326 e. The van der Waals surface area contributed by atoms with E-state index in [-0.39, 0.29) is 29.2 Å². The second-order valence-electron chi connectivity index (χ2n) is 7.76. The van der Waals surface area contributed by atoms with Crippen molar-refractivity contribution in [1.82, 2.24) is 9.71 Å². The normalized spacial score (nSPS) is 18.0. The number of carbonyl (C=O) groups excluding carboxylic acids is 1. The van der Waals surface area contributed by atoms with Crippen LogP contribution < -0.4 is 10.0 Å². The van der Waals surface area contributed by atoms with Gasteiger partial charge < -0.3 is 5.32 Å². The first-order valence-corrected chi connectivity index (χ1v) is 11.6. The molecule has 10 heteroatoms. The van der Waals surface area contributed by atoms with Gasteiger partial charge in [-0.3, -0.25) is 9.78 Å². The Hall–Kier alpha value is -3.24. The largest absolute Gasteiger partial charge is 0.416 e. The summed E-state index contributed by atoms with van der Waals surface area (Å²) in [5, 5.41) is 2.80. The summed E-state index contributed by atoms with van der Waals surface area (Å²) in [6.45, 7) is -0.156. The van der Waals surface area contributed by atoms with E-state index in [1.807, 2.05) is 12.1 Å². The highest BCUT2D eigenvalue weighted by Gasteiger charge is 2.43. The van der Waals surface area contributed by atoms with Crippen LogP contribution in [0, 0.1) is 5.92 Å². The monoisotopic (exact) mass is 475 g/mol. The number of amides is 1. The summed E-state index contributed by atoms with van der Waals surface area (Å²) in [7, 11) is -3.88. The molecule has 1 fully saturated rings. The minimum atomic E-state index is -4.45. The van der Waals surface area contributed by atoms with Crippen LogP contribution in [0.4, 0.5) is 18.9 Å². The van der Waals surface area contributed by atoms with Gasteiger partial charge >= 0.3 is 6.18 Å². The Morgan fingerprint density at radius 1 is 0.970 bits per heavy atom. The van der Waals surface area contributed by atoms with Crippen LogP contribution in [0.1, 0.15) is 29.0 Å². The molecule has 0 aliphatic heterocycles. The molecule has 1 saturated carbocycles. The van der Waals surface area contributed by atoms with Gasteiger partial charge in [-0.1, -0.05) is 12.1 Å². The molecule has 6 nitrogen and oxygen atoms in total. The van der Waals surface area contributed by atoms with Gasteiger partial charge in [-0.25, -0.2) is 13.1 Å². The van der Waals surface area contributed by atoms with Crippen molar-refractivity contribution in [2.75, 3.05) is 5.32 Å². The molecule has 33 heavy (non-hydrogen) atoms. The molecule has 2 N–H and O–H groups in total. The molecule has 2 atom stereocenters. The van der Waals surface area contributed by atoms with E-state index in [4.69, 9.17) is 0 Å². The molecule has 1 aliphatic rings. The van der Waals surface area contributed by atoms with E-state index >= 15 is 0 Å². The molecule has 4 rings (SSSR count). The molecule has 2 unspecified atom stereocenters. The third-order valence-corrected chi connectivity index (χ3v) is 6.86. The molecule has 1 heterocycles. The van der Waals surface area contributed by atoms with E-state index in [1.165, 1.54) is 36.4 Å². The van der Waals surface area contributed by atoms with Gasteiger partial charge in [-0.15, -0.1) is 0 Å². The fourth-order valence-corrected chi connectivity index (χ4v) is 4.51. The Balaban J connectivity index is 1.33. The van der Waals surface area contributed by atoms with Crippen LogP contribution in [-0.4, -0.2) is 19.3 Å². The van der Waals surface area contributed by atoms with Crippen molar-refractivity contribution in [3.05, 3.63) is 89.7 Å². The van der Waals surface area contributed by atoms with Crippen molar-refractivity contribution >= 4 is 21.6 Å². The van der Waals surface area contributed by atoms with E-state index in [0.717, 1.165) is 24.1 Å². The lowest BCUT2D eigenvalue weighted by molar-refractivity contribution is -0.137. The molecule has 0 saturated heterocycles. The smallest absolute Gasteiger partial charge is 0.326 e. The Morgan fingerprint density at radius 2 is 1.61 bits per heavy atom. The maximum atomic E-state index is 12.6. The number of halogens is 3. The van der Waals surface area contributed by atoms with Gasteiger partial charge in [0.2, 0.25) is 15.9 Å². The number of rotatable bonds is 7. The van der Waals surface area contributed by atoms with Crippen LogP contribution in [0.25, 0.3) is 0 Å². The van der Waals surface area contributed by atoms with Crippen molar-refractivity contribution < 1.29 is 26.4 Å². The Kier molecular flexibility index (Phi) is 6.22. The average Bonchev–Trinajstić information content (AvgIpc) is 3.60. The van der Waals surface area contributed by atoms with Gasteiger partial charge in [0.05, 0.1) is 10.5 Å². The second kappa shape index (κ2) is 8.95. The summed E-state index contributed by atoms with van der Waals surface area (Å²) in [6.07, 6.45) is -0.328. The lowest BCUT2D eigenvalue weighted by Crippen LogP contribution is -2.23. The highest BCUT2D eigenvalue weighted by Crippen LogP contribution is 2.47. The Bertz CT molecular complexity index is 1230. The molecule has 0 bridgehead atoms. The fraction of sp³-hybridized carbons (Fsp3) is 0.217. The van der Waals surface area contributed by atoms with Crippen molar-refractivity contribution in [2.24, 2.45) is 5.92 Å². The zero-order chi connectivity index (χ0) is 23.6. The summed E-state index contributed by atoms with van der Waals surface area (Å²) in [5.74, 6) is -0.115. The number of sulfonamides is 1. The quantitative estimate of drug-likeness (QED) is 0.533. The zero-order valence-corrected chi connectivity index (χ0v) is 18.0. The molecule has 3 aromatic rings. The number of nitrogens with one attached hydrogen (secondary N) is 2. The first-order valence-electron chi connectivity index (χ1n) is 10.1. The topological polar surface area (TPSA) is 88.2 Å². The van der Waals surface area contributed by atoms with E-state index in [2.05, 4.69) is 15.0 Å². The summed E-state index contributed by atoms with van der Waals surface area (Å²) < 4.78 is 65.3. The maximum Gasteiger partial charge on any atom is 0.416 e. The highest BCUT2D eigenvalue weighted by atomic mass is 32.2. The predicted molar refractivity (Wildman–Crippen MR) is 116 cm³/mol. The molecule has 172 valence electrons. The van der Waals surface area contributed by atoms with E-state index in [9.17, 15) is 26.4 Å². The Labute approximate surface area is 188 Å². The van der Waals surface area contributed by atoms with Crippen LogP contribution in [-0.2, 0) is 27.5 Å². The fourth-order valence-electron chi connectivity index (χ4n) is 3.49. The number of carbonyl (C=O) groups is 1. The molecule has 1 aliphatic carbocycles. The molecular formula is C23H20F3N3O3S. The Morgan fingerprint density at radius 3 is 2.21 bits per heavy atom. The SMILES string of the molecule is O=C(Nc1ccc(S(=O)(=O)NCc2ccc(C(F)(F)F)cc2)cc1)C1CC1c1ccncc1. The standard InChI is InChI=1S/C23H20F3N3O3S/c24-23(25,26)17-3-1-15(2-4-17)14-28-33(31,32)19-7-5-18(6-8-19)29-22(30)21-13-20(21)16-9-11-27-12-10-16/h1-12,20-21,28H,13-14H2,(H,29,30). The van der Waals surface area contributed by atoms with E-state index < -0.39 is 21.8 Å². The van der Waals surface area contributed by atoms with Gasteiger partial charge in [0.25, 0.3) is 0 Å². The zero-order valence-electron chi connectivity index (χ0n) is 17.2. The lowest BCUT2D eigenvalue weighted by atomic mass is 10.1. The summed E-state index contributed by atoms with van der Waals surface area (Å²) in [5.41, 5.74) is 1.13. The lowest BCUT2D eigenvalue weighted by Gasteiger charge is -2.10. The molecule has 0 spiro atoms. The predicted octanol–water partition coefficient (Wildman–Crippen LogP) is 4.32. The molecule has 1 aromatic heterocycles. The van der Waals surface area contributed by atoms with Gasteiger partial charge in [-0.05, 0) is 72.0 Å². The van der Waals surface area contributed by atoms with Gasteiger partial charge in [0.15, 0.2) is 0 Å². The van der Waals surface area contributed by atoms with Crippen LogP contribution in [0.2, 0.25) is 0 Å². The minimum absolute atomic E-state index is 0.0199. The van der Waals surface area contributed by atoms with Gasteiger partial charge in [-0.2, -0.15) is 13.2 Å². The third-order valence-electron chi connectivity index (χ3n) is 5.44. The van der Waals surface area contributed by atoms with Crippen molar-refractivity contribution in [3.8, 4) is 0 Å². The second-order valence-corrected chi connectivity index (χ2v) is 9.53. The van der Waals surface area contributed by atoms with E-state index in [1.54, 1.807) is 12.4 Å². The van der Waals surface area contributed by atoms with Gasteiger partial charge in [0, 0.05) is 30.5 Å². The van der Waals surface area contributed by atoms with Crippen molar-refractivity contribution in [3.63, 3.8) is 0 Å². The highest BCUT2D eigenvalue weighted by molar-refractivity contribution is 7.89. The van der Waals surface area contributed by atoms with Crippen molar-refractivity contribution in [1.29, 1.82) is 0 Å². The number of hydrogen-bond donors (Lipinski definition) is 2. The van der Waals surface area contributed by atoms with Crippen LogP contribution in [0.3, 0.4) is 0 Å². The molecule has 0 radical (unpaired) electrons. The number of hydrogen-bond acceptors (Lipinski definition) is 4. The third kappa shape index (κ3) is 5.58. The van der Waals surface area contributed by atoms with Crippen LogP contribution in [0.15, 0.2) is 78.0 Å². The van der Waals surface area contributed by atoms with E-state index in [0.29, 0.717) is 11.3 Å². The van der Waals surface area contributed by atoms with Crippen LogP contribution in [0.5, 0.6) is 0 Å². The number of alkyl halides is 3. The average molecular weight is 475 g/mol. The number of aromatic nitrogens is 1. The summed E-state index contributed by atoms with van der Waals surface area (Å²) in [6, 6.07) is 13.7. The van der Waals surface area contributed by atoms with Crippen LogP contribution >= 0.6 is 0 Å². The summed E-state index contributed by atoms with van der Waals surface area (Å²) in [4.78, 5) is 16.4. The van der Waals surface area contributed by atoms with Crippen molar-refractivity contribution in [2.45, 2.75) is 30.0 Å². The molecule has 2 aromatic carbocycles. The first kappa shape index (κ1) is 22.9. The number of anilines is 1. The number of nitrogens with zero attached hydrogens (tertiary/aromatic N) is 1. The summed E-state index contributed by atoms with van der Waals surface area (Å²) >= 11 is 0. The molecule has 1 amide bonds. The maximum absolute atomic E-state index is 12.6. The molecular weight excluding hydrogens is 455 g/mol. The van der Waals surface area contributed by atoms with Gasteiger partial charge in [0.1, 0.15) is 0 Å². The first-order chi connectivity index (χ1) is 15.6. The number of pyridine rings is 1.